The fourth-order valence-corrected chi connectivity index (χ4v) is 6.23. The maximum atomic E-state index is 14.1. The summed E-state index contributed by atoms with van der Waals surface area (Å²) in [5.74, 6) is -3.68. The van der Waals surface area contributed by atoms with E-state index in [1.807, 2.05) is 54.6 Å². The van der Waals surface area contributed by atoms with Gasteiger partial charge in [0.2, 0.25) is 0 Å². The van der Waals surface area contributed by atoms with Crippen molar-refractivity contribution in [1.29, 1.82) is 0 Å². The smallest absolute Gasteiger partial charge is 0.414 e. The summed E-state index contributed by atoms with van der Waals surface area (Å²) in [6.45, 7) is 6.31. The lowest BCUT2D eigenvalue weighted by Crippen LogP contribution is -2.45. The van der Waals surface area contributed by atoms with Gasteiger partial charge in [-0.2, -0.15) is 0 Å². The lowest BCUT2D eigenvalue weighted by molar-refractivity contribution is -0.159. The monoisotopic (exact) mass is 642 g/mol. The van der Waals surface area contributed by atoms with Crippen LogP contribution in [0.4, 0.5) is 5.69 Å². The summed E-state index contributed by atoms with van der Waals surface area (Å²) in [6.07, 6.45) is 0.00384. The quantitative estimate of drug-likeness (QED) is 0.215. The van der Waals surface area contributed by atoms with Gasteiger partial charge < -0.3 is 24.6 Å². The molecule has 2 atom stereocenters. The van der Waals surface area contributed by atoms with Gasteiger partial charge in [0.05, 0.1) is 18.0 Å². The highest BCUT2D eigenvalue weighted by Crippen LogP contribution is 2.47. The molecule has 0 aliphatic carbocycles. The van der Waals surface area contributed by atoms with Crippen LogP contribution in [0.1, 0.15) is 36.6 Å². The van der Waals surface area contributed by atoms with Crippen LogP contribution in [-0.2, 0) is 30.5 Å². The van der Waals surface area contributed by atoms with Crippen LogP contribution in [0.2, 0.25) is 5.02 Å². The predicted octanol–water partition coefficient (Wildman–Crippen LogP) is 5.53. The van der Waals surface area contributed by atoms with Crippen molar-refractivity contribution in [2.45, 2.75) is 43.1 Å². The number of halogens is 1. The number of amides is 1. The van der Waals surface area contributed by atoms with Gasteiger partial charge in [0.15, 0.2) is 6.10 Å². The lowest BCUT2D eigenvalue weighted by atomic mass is 10.1. The summed E-state index contributed by atoms with van der Waals surface area (Å²) in [4.78, 5) is 49.5. The SMILES string of the molecule is CCCN(CCN1C(=O)[C@H](OC(C)=O)[C@H](c2ccc(OC)cc2)Sc2cc(Cl)ccc21)Cc1ccccc1.O=C(O)C(=O)O. The molecule has 1 aliphatic heterocycles. The highest BCUT2D eigenvalue weighted by molar-refractivity contribution is 7.99. The first-order valence-electron chi connectivity index (χ1n) is 13.8. The molecule has 234 valence electrons. The number of carboxylic acid groups (broad SMARTS) is 2. The third kappa shape index (κ3) is 9.73. The Hall–Kier alpha value is -4.06. The van der Waals surface area contributed by atoms with Crippen molar-refractivity contribution in [1.82, 2.24) is 4.90 Å². The van der Waals surface area contributed by atoms with Crippen LogP contribution in [0.5, 0.6) is 5.75 Å². The van der Waals surface area contributed by atoms with Crippen LogP contribution in [-0.4, -0.2) is 71.8 Å². The number of nitrogens with zero attached hydrogens (tertiary/aromatic N) is 2. The number of benzene rings is 3. The summed E-state index contributed by atoms with van der Waals surface area (Å²) in [5.41, 5.74) is 2.86. The second-order valence-electron chi connectivity index (χ2n) is 9.82. The lowest BCUT2D eigenvalue weighted by Gasteiger charge is -2.30. The Labute approximate surface area is 265 Å². The minimum Gasteiger partial charge on any atom is -0.497 e. The Bertz CT molecular complexity index is 1430. The molecule has 2 N–H and O–H groups in total. The number of ether oxygens (including phenoxy) is 2. The maximum Gasteiger partial charge on any atom is 0.414 e. The zero-order chi connectivity index (χ0) is 32.2. The van der Waals surface area contributed by atoms with Gasteiger partial charge >= 0.3 is 17.9 Å². The Kier molecular flexibility index (Phi) is 13.1. The van der Waals surface area contributed by atoms with Crippen LogP contribution in [0, 0.1) is 0 Å². The number of methoxy groups -OCH3 is 1. The minimum absolute atomic E-state index is 0.245. The molecule has 1 amide bonds. The summed E-state index contributed by atoms with van der Waals surface area (Å²) in [6, 6.07) is 23.4. The number of hydrogen-bond donors (Lipinski definition) is 2. The number of esters is 1. The summed E-state index contributed by atoms with van der Waals surface area (Å²) >= 11 is 7.88. The van der Waals surface area contributed by atoms with Crippen molar-refractivity contribution < 1.29 is 38.9 Å². The van der Waals surface area contributed by atoms with Crippen LogP contribution in [0.25, 0.3) is 0 Å². The van der Waals surface area contributed by atoms with Gasteiger partial charge in [0.25, 0.3) is 5.91 Å². The fraction of sp³-hybridized carbons (Fsp3) is 0.312. The molecule has 44 heavy (non-hydrogen) atoms. The van der Waals surface area contributed by atoms with Gasteiger partial charge in [-0.3, -0.25) is 14.5 Å². The van der Waals surface area contributed by atoms with Crippen molar-refractivity contribution >= 4 is 52.9 Å². The van der Waals surface area contributed by atoms with Gasteiger partial charge in [0, 0.05) is 36.5 Å². The van der Waals surface area contributed by atoms with E-state index in [2.05, 4.69) is 24.0 Å². The zero-order valence-corrected chi connectivity index (χ0v) is 26.2. The predicted molar refractivity (Wildman–Crippen MR) is 168 cm³/mol. The fourth-order valence-electron chi connectivity index (χ4n) is 4.63. The van der Waals surface area contributed by atoms with Crippen molar-refractivity contribution in [2.24, 2.45) is 0 Å². The van der Waals surface area contributed by atoms with E-state index in [-0.39, 0.29) is 5.91 Å². The first kappa shape index (κ1) is 34.4. The molecular formula is C32H35ClN2O8S. The van der Waals surface area contributed by atoms with E-state index >= 15 is 0 Å². The van der Waals surface area contributed by atoms with E-state index in [1.54, 1.807) is 18.1 Å². The zero-order valence-electron chi connectivity index (χ0n) is 24.6. The molecule has 0 unspecified atom stereocenters. The van der Waals surface area contributed by atoms with E-state index in [0.717, 1.165) is 35.7 Å². The molecule has 0 aromatic heterocycles. The normalized spacial score (nSPS) is 15.8. The van der Waals surface area contributed by atoms with Crippen LogP contribution < -0.4 is 9.64 Å². The average Bonchev–Trinajstić information content (AvgIpc) is 3.10. The molecular weight excluding hydrogens is 608 g/mol. The van der Waals surface area contributed by atoms with Crippen LogP contribution in [0.15, 0.2) is 77.7 Å². The van der Waals surface area contributed by atoms with E-state index in [4.69, 9.17) is 40.9 Å². The van der Waals surface area contributed by atoms with Gasteiger partial charge in [-0.25, -0.2) is 9.59 Å². The number of carbonyl (C=O) groups excluding carboxylic acids is 2. The molecule has 0 spiro atoms. The number of hydrogen-bond acceptors (Lipinski definition) is 8. The second-order valence-corrected chi connectivity index (χ2v) is 11.4. The van der Waals surface area contributed by atoms with E-state index in [1.165, 1.54) is 24.2 Å². The van der Waals surface area contributed by atoms with Crippen molar-refractivity contribution in [2.75, 3.05) is 31.6 Å². The second kappa shape index (κ2) is 16.7. The third-order valence-electron chi connectivity index (χ3n) is 6.60. The summed E-state index contributed by atoms with van der Waals surface area (Å²) in [5, 5.41) is 14.9. The highest BCUT2D eigenvalue weighted by atomic mass is 35.5. The van der Waals surface area contributed by atoms with Crippen molar-refractivity contribution in [3.8, 4) is 5.75 Å². The standard InChI is InChI=1S/C30H33ClN2O4S.C2H2O4/c1-4-16-32(20-22-8-6-5-7-9-22)17-18-33-26-15-12-24(31)19-27(26)38-29(28(30(33)35)37-21(2)34)23-10-13-25(36-3)14-11-23;3-1(4)2(5)6/h5-15,19,28-29H,4,16-18,20H2,1-3H3;(H,3,4)(H,5,6)/t28-,29+;/m1./s1. The van der Waals surface area contributed by atoms with Crippen molar-refractivity contribution in [3.05, 3.63) is 88.9 Å². The molecule has 0 fully saturated rings. The Morgan fingerprint density at radius 1 is 0.977 bits per heavy atom. The number of anilines is 1. The molecule has 1 heterocycles. The van der Waals surface area contributed by atoms with Gasteiger partial charge in [0.1, 0.15) is 5.75 Å². The molecule has 0 saturated heterocycles. The Morgan fingerprint density at radius 2 is 1.64 bits per heavy atom. The number of carbonyl (C=O) groups is 4. The first-order valence-corrected chi connectivity index (χ1v) is 15.1. The molecule has 3 aromatic carbocycles. The molecule has 3 aromatic rings. The maximum absolute atomic E-state index is 14.1. The number of carboxylic acids is 2. The summed E-state index contributed by atoms with van der Waals surface area (Å²) in [7, 11) is 1.61. The largest absolute Gasteiger partial charge is 0.497 e. The van der Waals surface area contributed by atoms with Gasteiger partial charge in [-0.05, 0) is 54.4 Å². The molecule has 0 bridgehead atoms. The minimum atomic E-state index is -1.82. The number of fused-ring (bicyclic) bond motifs is 1. The van der Waals surface area contributed by atoms with Gasteiger partial charge in [-0.1, -0.05) is 61.0 Å². The molecule has 0 radical (unpaired) electrons. The van der Waals surface area contributed by atoms with Crippen LogP contribution in [0.3, 0.4) is 0 Å². The Balaban J connectivity index is 0.000000801. The molecule has 0 saturated carbocycles. The summed E-state index contributed by atoms with van der Waals surface area (Å²) < 4.78 is 11.0. The topological polar surface area (TPSA) is 134 Å². The first-order chi connectivity index (χ1) is 21.0. The Morgan fingerprint density at radius 3 is 2.20 bits per heavy atom. The van der Waals surface area contributed by atoms with Crippen LogP contribution >= 0.6 is 23.4 Å². The molecule has 4 rings (SSSR count). The number of thioether (sulfide) groups is 1. The third-order valence-corrected chi connectivity index (χ3v) is 8.19. The average molecular weight is 643 g/mol. The molecule has 1 aliphatic rings. The highest BCUT2D eigenvalue weighted by Gasteiger charge is 2.41. The molecule has 12 heteroatoms. The van der Waals surface area contributed by atoms with E-state index in [9.17, 15) is 9.59 Å². The van der Waals surface area contributed by atoms with Gasteiger partial charge in [-0.15, -0.1) is 11.8 Å². The van der Waals surface area contributed by atoms with E-state index in [0.29, 0.717) is 23.9 Å². The molecule has 10 nitrogen and oxygen atoms in total. The van der Waals surface area contributed by atoms with E-state index < -0.39 is 29.3 Å². The number of aliphatic carboxylic acids is 2. The van der Waals surface area contributed by atoms with Crippen molar-refractivity contribution in [3.63, 3.8) is 0 Å². The number of rotatable bonds is 10.